The number of anilines is 1. The first-order valence-corrected chi connectivity index (χ1v) is 6.29. The van der Waals surface area contributed by atoms with Crippen LogP contribution in [0.5, 0.6) is 0 Å². The molecule has 0 radical (unpaired) electrons. The molecular formula is C13H18N2O4. The second-order valence-corrected chi connectivity index (χ2v) is 4.88. The summed E-state index contributed by atoms with van der Waals surface area (Å²) in [5.41, 5.74) is 0.931. The van der Waals surface area contributed by atoms with E-state index in [9.17, 15) is 15.2 Å². The van der Waals surface area contributed by atoms with E-state index >= 15 is 0 Å². The minimum Gasteiger partial charge on any atom is -0.394 e. The van der Waals surface area contributed by atoms with Gasteiger partial charge in [0, 0.05) is 30.5 Å². The molecule has 1 aliphatic rings. The van der Waals surface area contributed by atoms with Gasteiger partial charge in [-0.15, -0.1) is 0 Å². The van der Waals surface area contributed by atoms with Gasteiger partial charge in [0.05, 0.1) is 17.1 Å². The van der Waals surface area contributed by atoms with Gasteiger partial charge in [-0.1, -0.05) is 6.07 Å². The van der Waals surface area contributed by atoms with Crippen LogP contribution in [0.4, 0.5) is 11.4 Å². The monoisotopic (exact) mass is 266 g/mol. The molecule has 1 heterocycles. The zero-order valence-electron chi connectivity index (χ0n) is 10.9. The van der Waals surface area contributed by atoms with Crippen molar-refractivity contribution in [2.24, 2.45) is 0 Å². The Hall–Kier alpha value is -1.66. The first kappa shape index (κ1) is 13.8. The third-order valence-corrected chi connectivity index (χ3v) is 3.65. The van der Waals surface area contributed by atoms with E-state index in [1.165, 1.54) is 6.07 Å². The number of ether oxygens (including phenoxy) is 1. The summed E-state index contributed by atoms with van der Waals surface area (Å²) in [6.07, 6.45) is 1.37. The van der Waals surface area contributed by atoms with Gasteiger partial charge in [-0.2, -0.15) is 0 Å². The lowest BCUT2D eigenvalue weighted by Gasteiger charge is -2.37. The van der Waals surface area contributed by atoms with Crippen LogP contribution in [0.15, 0.2) is 18.2 Å². The molecule has 0 aliphatic carbocycles. The van der Waals surface area contributed by atoms with Crippen LogP contribution in [0.25, 0.3) is 0 Å². The lowest BCUT2D eigenvalue weighted by molar-refractivity contribution is -0.385. The molecule has 1 fully saturated rings. The standard InChI is InChI=1S/C13H18N2O4/c1-10-11(3-2-4-12(10)15(17)18)14-13(9-16)5-7-19-8-6-13/h2-4,14,16H,5-9H2,1H3. The van der Waals surface area contributed by atoms with Gasteiger partial charge in [0.25, 0.3) is 5.69 Å². The van der Waals surface area contributed by atoms with Crippen LogP contribution in [-0.2, 0) is 4.74 Å². The second-order valence-electron chi connectivity index (χ2n) is 4.88. The fourth-order valence-corrected chi connectivity index (χ4v) is 2.33. The highest BCUT2D eigenvalue weighted by Crippen LogP contribution is 2.31. The molecule has 19 heavy (non-hydrogen) atoms. The van der Waals surface area contributed by atoms with Gasteiger partial charge in [0.15, 0.2) is 0 Å². The molecule has 0 atom stereocenters. The molecule has 0 amide bonds. The van der Waals surface area contributed by atoms with E-state index in [2.05, 4.69) is 5.32 Å². The number of nitrogens with zero attached hydrogens (tertiary/aromatic N) is 1. The normalized spacial score (nSPS) is 18.0. The number of hydrogen-bond acceptors (Lipinski definition) is 5. The fraction of sp³-hybridized carbons (Fsp3) is 0.538. The van der Waals surface area contributed by atoms with Crippen LogP contribution in [-0.4, -0.2) is 35.4 Å². The average Bonchev–Trinajstić information content (AvgIpc) is 2.42. The van der Waals surface area contributed by atoms with Crippen molar-refractivity contribution in [2.45, 2.75) is 25.3 Å². The Labute approximate surface area is 111 Å². The number of hydrogen-bond donors (Lipinski definition) is 2. The summed E-state index contributed by atoms with van der Waals surface area (Å²) in [4.78, 5) is 10.5. The quantitative estimate of drug-likeness (QED) is 0.641. The Morgan fingerprint density at radius 3 is 2.74 bits per heavy atom. The van der Waals surface area contributed by atoms with Crippen LogP contribution in [0.2, 0.25) is 0 Å². The maximum absolute atomic E-state index is 10.9. The Balaban J connectivity index is 2.27. The zero-order valence-corrected chi connectivity index (χ0v) is 10.9. The molecule has 1 aromatic rings. The first-order chi connectivity index (χ1) is 9.08. The number of nitrogens with one attached hydrogen (secondary N) is 1. The number of nitro groups is 1. The first-order valence-electron chi connectivity index (χ1n) is 6.29. The molecule has 0 saturated carbocycles. The highest BCUT2D eigenvalue weighted by Gasteiger charge is 2.32. The SMILES string of the molecule is Cc1c(NC2(CO)CCOCC2)cccc1[N+](=O)[O-]. The Morgan fingerprint density at radius 1 is 1.47 bits per heavy atom. The number of nitro benzene ring substituents is 1. The average molecular weight is 266 g/mol. The predicted molar refractivity (Wildman–Crippen MR) is 71.3 cm³/mol. The van der Waals surface area contributed by atoms with Crippen molar-refractivity contribution in [3.05, 3.63) is 33.9 Å². The van der Waals surface area contributed by atoms with Crippen molar-refractivity contribution in [1.82, 2.24) is 0 Å². The summed E-state index contributed by atoms with van der Waals surface area (Å²) in [7, 11) is 0. The Kier molecular flexibility index (Phi) is 4.01. The van der Waals surface area contributed by atoms with Gasteiger partial charge in [0.2, 0.25) is 0 Å². The van der Waals surface area contributed by atoms with Crippen LogP contribution in [0.3, 0.4) is 0 Å². The molecule has 104 valence electrons. The largest absolute Gasteiger partial charge is 0.394 e. The van der Waals surface area contributed by atoms with E-state index in [0.29, 0.717) is 37.3 Å². The van der Waals surface area contributed by atoms with E-state index < -0.39 is 10.5 Å². The van der Waals surface area contributed by atoms with Gasteiger partial charge in [-0.3, -0.25) is 10.1 Å². The van der Waals surface area contributed by atoms with Crippen LogP contribution in [0.1, 0.15) is 18.4 Å². The van der Waals surface area contributed by atoms with E-state index in [1.807, 2.05) is 0 Å². The van der Waals surface area contributed by atoms with Crippen LogP contribution in [0, 0.1) is 17.0 Å². The lowest BCUT2D eigenvalue weighted by Crippen LogP contribution is -2.47. The van der Waals surface area contributed by atoms with Gasteiger partial charge >= 0.3 is 0 Å². The van der Waals surface area contributed by atoms with Crippen molar-refractivity contribution in [1.29, 1.82) is 0 Å². The van der Waals surface area contributed by atoms with E-state index in [0.717, 1.165) is 0 Å². The fourth-order valence-electron chi connectivity index (χ4n) is 2.33. The molecule has 0 bridgehead atoms. The molecule has 6 nitrogen and oxygen atoms in total. The maximum Gasteiger partial charge on any atom is 0.274 e. The zero-order chi connectivity index (χ0) is 13.9. The number of aliphatic hydroxyl groups excluding tert-OH is 1. The number of rotatable bonds is 4. The van der Waals surface area contributed by atoms with Crippen LogP contribution < -0.4 is 5.32 Å². The summed E-state index contributed by atoms with van der Waals surface area (Å²) < 4.78 is 5.30. The van der Waals surface area contributed by atoms with Crippen LogP contribution >= 0.6 is 0 Å². The molecular weight excluding hydrogens is 248 g/mol. The van der Waals surface area contributed by atoms with Gasteiger partial charge in [0.1, 0.15) is 0 Å². The van der Waals surface area contributed by atoms with E-state index in [4.69, 9.17) is 4.74 Å². The molecule has 2 rings (SSSR count). The molecule has 1 aromatic carbocycles. The Bertz CT molecular complexity index is 470. The summed E-state index contributed by atoms with van der Waals surface area (Å²) in [5.74, 6) is 0. The van der Waals surface area contributed by atoms with Gasteiger partial charge in [-0.05, 0) is 25.8 Å². The minimum absolute atomic E-state index is 0.0154. The molecule has 1 aliphatic heterocycles. The van der Waals surface area contributed by atoms with Gasteiger partial charge < -0.3 is 15.2 Å². The summed E-state index contributed by atoms with van der Waals surface area (Å²) in [6, 6.07) is 4.93. The van der Waals surface area contributed by atoms with E-state index in [-0.39, 0.29) is 12.3 Å². The van der Waals surface area contributed by atoms with Crippen molar-refractivity contribution < 1.29 is 14.8 Å². The number of benzene rings is 1. The predicted octanol–water partition coefficient (Wildman–Crippen LogP) is 1.86. The smallest absolute Gasteiger partial charge is 0.274 e. The lowest BCUT2D eigenvalue weighted by atomic mass is 9.90. The minimum atomic E-state index is -0.446. The van der Waals surface area contributed by atoms with Crippen molar-refractivity contribution in [3.8, 4) is 0 Å². The molecule has 6 heteroatoms. The highest BCUT2D eigenvalue weighted by atomic mass is 16.6. The molecule has 2 N–H and O–H groups in total. The summed E-state index contributed by atoms with van der Waals surface area (Å²) >= 11 is 0. The number of aliphatic hydroxyl groups is 1. The van der Waals surface area contributed by atoms with Gasteiger partial charge in [-0.25, -0.2) is 0 Å². The summed E-state index contributed by atoms with van der Waals surface area (Å²) in [5, 5.41) is 23.8. The van der Waals surface area contributed by atoms with Crippen molar-refractivity contribution in [3.63, 3.8) is 0 Å². The van der Waals surface area contributed by atoms with Crippen molar-refractivity contribution in [2.75, 3.05) is 25.1 Å². The second kappa shape index (κ2) is 5.54. The summed E-state index contributed by atoms with van der Waals surface area (Å²) in [6.45, 7) is 2.87. The molecule has 0 spiro atoms. The topological polar surface area (TPSA) is 84.6 Å². The molecule has 1 saturated heterocycles. The maximum atomic E-state index is 10.9. The van der Waals surface area contributed by atoms with E-state index in [1.54, 1.807) is 19.1 Å². The molecule has 0 aromatic heterocycles. The molecule has 0 unspecified atom stereocenters. The Morgan fingerprint density at radius 2 is 2.16 bits per heavy atom. The third kappa shape index (κ3) is 2.85. The van der Waals surface area contributed by atoms with Crippen molar-refractivity contribution >= 4 is 11.4 Å². The highest BCUT2D eigenvalue weighted by molar-refractivity contribution is 5.61. The third-order valence-electron chi connectivity index (χ3n) is 3.65.